The second kappa shape index (κ2) is 3.52. The molecule has 0 radical (unpaired) electrons. The van der Waals surface area contributed by atoms with Crippen LogP contribution in [0.15, 0.2) is 0 Å². The molecule has 1 saturated heterocycles. The van der Waals surface area contributed by atoms with Crippen molar-refractivity contribution in [3.8, 4) is 0 Å². The van der Waals surface area contributed by atoms with Crippen molar-refractivity contribution in [3.63, 3.8) is 0 Å². The molecule has 2 atom stereocenters. The van der Waals surface area contributed by atoms with Crippen LogP contribution in [0.5, 0.6) is 0 Å². The first-order valence-electron chi connectivity index (χ1n) is 5.91. The Bertz CT molecular complexity index is 194. The van der Waals surface area contributed by atoms with Gasteiger partial charge in [-0.15, -0.1) is 0 Å². The first-order chi connectivity index (χ1) is 6.14. The van der Waals surface area contributed by atoms with Crippen LogP contribution in [0.1, 0.15) is 54.9 Å². The predicted molar refractivity (Wildman–Crippen MR) is 63.5 cm³/mol. The third kappa shape index (κ3) is 2.31. The summed E-state index contributed by atoms with van der Waals surface area (Å²) in [6.45, 7) is 17.8. The molecule has 1 heterocycles. The average Bonchev–Trinajstić information content (AvgIpc) is 2.27. The number of nitrogens with zero attached hydrogens (tertiary/aromatic N) is 1. The number of likely N-dealkylation sites (tertiary alicyclic amines) is 1. The summed E-state index contributed by atoms with van der Waals surface area (Å²) < 4.78 is 0. The van der Waals surface area contributed by atoms with Crippen LogP contribution in [0.25, 0.3) is 0 Å². The summed E-state index contributed by atoms with van der Waals surface area (Å²) >= 11 is 0. The number of hydrogen-bond donors (Lipinski definition) is 0. The van der Waals surface area contributed by atoms with Gasteiger partial charge in [0.2, 0.25) is 0 Å². The summed E-state index contributed by atoms with van der Waals surface area (Å²) in [6, 6.07) is 0.738. The summed E-state index contributed by atoms with van der Waals surface area (Å²) in [5.41, 5.74) is 0.728. The minimum atomic E-state index is 0.322. The molecule has 0 aliphatic carbocycles. The molecule has 14 heavy (non-hydrogen) atoms. The number of hydrogen-bond acceptors (Lipinski definition) is 1. The van der Waals surface area contributed by atoms with Crippen LogP contribution in [0.2, 0.25) is 0 Å². The van der Waals surface area contributed by atoms with Crippen molar-refractivity contribution in [1.29, 1.82) is 0 Å². The molecule has 1 rings (SSSR count). The van der Waals surface area contributed by atoms with E-state index in [1.54, 1.807) is 0 Å². The zero-order chi connectivity index (χ0) is 11.1. The molecule has 1 nitrogen and oxygen atoms in total. The Morgan fingerprint density at radius 2 is 1.50 bits per heavy atom. The highest BCUT2D eigenvalue weighted by Gasteiger charge is 2.43. The van der Waals surface area contributed by atoms with Gasteiger partial charge >= 0.3 is 0 Å². The molecule has 0 bridgehead atoms. The van der Waals surface area contributed by atoms with Crippen LogP contribution in [-0.2, 0) is 0 Å². The van der Waals surface area contributed by atoms with E-state index in [-0.39, 0.29) is 0 Å². The average molecular weight is 197 g/mol. The standard InChI is InChI=1S/C13H27N/c1-10-8-9-14(13(5,6)7)11(10)12(2,3)4/h10-11H,8-9H2,1-7H3/t10-,11?/m1/s1. The summed E-state index contributed by atoms with van der Waals surface area (Å²) in [4.78, 5) is 2.69. The van der Waals surface area contributed by atoms with Gasteiger partial charge in [0, 0.05) is 11.6 Å². The van der Waals surface area contributed by atoms with Gasteiger partial charge < -0.3 is 0 Å². The fraction of sp³-hybridized carbons (Fsp3) is 1.00. The first kappa shape index (κ1) is 12.0. The van der Waals surface area contributed by atoms with Gasteiger partial charge in [0.1, 0.15) is 0 Å². The maximum atomic E-state index is 2.69. The maximum Gasteiger partial charge on any atom is 0.0175 e. The van der Waals surface area contributed by atoms with Crippen molar-refractivity contribution < 1.29 is 0 Å². The molecular weight excluding hydrogens is 170 g/mol. The molecule has 0 amide bonds. The minimum absolute atomic E-state index is 0.322. The van der Waals surface area contributed by atoms with E-state index in [9.17, 15) is 0 Å². The third-order valence-corrected chi connectivity index (χ3v) is 3.45. The van der Waals surface area contributed by atoms with Crippen LogP contribution in [-0.4, -0.2) is 23.0 Å². The summed E-state index contributed by atoms with van der Waals surface area (Å²) in [5, 5.41) is 0. The normalized spacial score (nSPS) is 31.1. The van der Waals surface area contributed by atoms with Crippen molar-refractivity contribution in [1.82, 2.24) is 4.90 Å². The number of rotatable bonds is 0. The first-order valence-corrected chi connectivity index (χ1v) is 5.91. The van der Waals surface area contributed by atoms with Gasteiger partial charge in [-0.1, -0.05) is 27.7 Å². The second-order valence-electron chi connectivity index (χ2n) is 6.94. The SMILES string of the molecule is C[C@@H]1CCN(C(C)(C)C)C1C(C)(C)C. The lowest BCUT2D eigenvalue weighted by atomic mass is 9.79. The minimum Gasteiger partial charge on any atom is -0.295 e. The van der Waals surface area contributed by atoms with Gasteiger partial charge in [0.25, 0.3) is 0 Å². The van der Waals surface area contributed by atoms with E-state index in [1.807, 2.05) is 0 Å². The molecule has 1 aliphatic heterocycles. The smallest absolute Gasteiger partial charge is 0.0175 e. The molecule has 0 saturated carbocycles. The van der Waals surface area contributed by atoms with E-state index in [0.29, 0.717) is 11.0 Å². The van der Waals surface area contributed by atoms with Gasteiger partial charge in [-0.2, -0.15) is 0 Å². The fourth-order valence-corrected chi connectivity index (χ4v) is 3.02. The van der Waals surface area contributed by atoms with E-state index in [1.165, 1.54) is 13.0 Å². The van der Waals surface area contributed by atoms with Gasteiger partial charge in [0.05, 0.1) is 0 Å². The molecule has 1 heteroatoms. The predicted octanol–water partition coefficient (Wildman–Crippen LogP) is 3.54. The highest BCUT2D eigenvalue weighted by molar-refractivity contribution is 4.97. The molecule has 1 aliphatic rings. The molecule has 1 fully saturated rings. The van der Waals surface area contributed by atoms with Gasteiger partial charge in [-0.05, 0) is 45.1 Å². The highest BCUT2D eigenvalue weighted by atomic mass is 15.2. The molecular formula is C13H27N. The molecule has 1 unspecified atom stereocenters. The molecule has 0 spiro atoms. The van der Waals surface area contributed by atoms with E-state index >= 15 is 0 Å². The summed E-state index contributed by atoms with van der Waals surface area (Å²) in [6.07, 6.45) is 1.36. The quantitative estimate of drug-likeness (QED) is 0.574. The highest BCUT2D eigenvalue weighted by Crippen LogP contribution is 2.40. The fourth-order valence-electron chi connectivity index (χ4n) is 3.02. The van der Waals surface area contributed by atoms with E-state index < -0.39 is 0 Å². The topological polar surface area (TPSA) is 3.24 Å². The van der Waals surface area contributed by atoms with Crippen LogP contribution in [0.4, 0.5) is 0 Å². The van der Waals surface area contributed by atoms with Crippen molar-refractivity contribution in [3.05, 3.63) is 0 Å². The largest absolute Gasteiger partial charge is 0.295 e. The molecule has 0 aromatic carbocycles. The van der Waals surface area contributed by atoms with Crippen molar-refractivity contribution in [2.45, 2.75) is 66.5 Å². The van der Waals surface area contributed by atoms with E-state index in [2.05, 4.69) is 53.4 Å². The second-order valence-corrected chi connectivity index (χ2v) is 6.94. The third-order valence-electron chi connectivity index (χ3n) is 3.45. The van der Waals surface area contributed by atoms with Gasteiger partial charge in [-0.25, -0.2) is 0 Å². The lowest BCUT2D eigenvalue weighted by Crippen LogP contribution is -2.51. The Labute approximate surface area is 89.9 Å². The molecule has 0 aromatic heterocycles. The summed E-state index contributed by atoms with van der Waals surface area (Å²) in [5.74, 6) is 0.842. The Morgan fingerprint density at radius 3 is 1.79 bits per heavy atom. The Kier molecular flexibility index (Phi) is 3.02. The van der Waals surface area contributed by atoms with Crippen molar-refractivity contribution in [2.24, 2.45) is 11.3 Å². The van der Waals surface area contributed by atoms with Gasteiger partial charge in [0.15, 0.2) is 0 Å². The molecule has 84 valence electrons. The van der Waals surface area contributed by atoms with E-state index in [4.69, 9.17) is 0 Å². The monoisotopic (exact) mass is 197 g/mol. The van der Waals surface area contributed by atoms with Gasteiger partial charge in [-0.3, -0.25) is 4.90 Å². The zero-order valence-corrected chi connectivity index (χ0v) is 11.0. The van der Waals surface area contributed by atoms with Crippen LogP contribution in [0, 0.1) is 11.3 Å². The van der Waals surface area contributed by atoms with Crippen LogP contribution < -0.4 is 0 Å². The maximum absolute atomic E-state index is 2.69. The lowest BCUT2D eigenvalue weighted by Gasteiger charge is -2.44. The molecule has 0 N–H and O–H groups in total. The van der Waals surface area contributed by atoms with Crippen LogP contribution >= 0.6 is 0 Å². The lowest BCUT2D eigenvalue weighted by molar-refractivity contribution is 0.0424. The van der Waals surface area contributed by atoms with Crippen molar-refractivity contribution in [2.75, 3.05) is 6.54 Å². The molecule has 0 aromatic rings. The van der Waals surface area contributed by atoms with E-state index in [0.717, 1.165) is 12.0 Å². The summed E-state index contributed by atoms with van der Waals surface area (Å²) in [7, 11) is 0. The Hall–Kier alpha value is -0.0400. The van der Waals surface area contributed by atoms with Crippen LogP contribution in [0.3, 0.4) is 0 Å². The zero-order valence-electron chi connectivity index (χ0n) is 11.0. The van der Waals surface area contributed by atoms with Crippen molar-refractivity contribution >= 4 is 0 Å². The Balaban J connectivity index is 2.88. The Morgan fingerprint density at radius 1 is 1.00 bits per heavy atom.